The number of rotatable bonds is 3. The fourth-order valence-corrected chi connectivity index (χ4v) is 2.11. The standard InChI is InChI=1S/C11H19NO2/c1-14-10-6-2-8(3-7-10)11(13)12-9-4-5-9/h8-10H,2-7H2,1H3,(H,12,13). The summed E-state index contributed by atoms with van der Waals surface area (Å²) in [5.41, 5.74) is 0. The summed E-state index contributed by atoms with van der Waals surface area (Å²) in [4.78, 5) is 11.7. The fraction of sp³-hybridized carbons (Fsp3) is 0.909. The van der Waals surface area contributed by atoms with E-state index in [0.29, 0.717) is 12.1 Å². The van der Waals surface area contributed by atoms with Crippen LogP contribution < -0.4 is 5.32 Å². The molecule has 0 aliphatic heterocycles. The quantitative estimate of drug-likeness (QED) is 0.744. The van der Waals surface area contributed by atoms with E-state index in [1.807, 2.05) is 0 Å². The summed E-state index contributed by atoms with van der Waals surface area (Å²) in [7, 11) is 1.76. The largest absolute Gasteiger partial charge is 0.381 e. The first-order valence-corrected chi connectivity index (χ1v) is 5.62. The Morgan fingerprint density at radius 3 is 2.29 bits per heavy atom. The van der Waals surface area contributed by atoms with E-state index in [9.17, 15) is 4.79 Å². The molecule has 0 heterocycles. The molecular weight excluding hydrogens is 178 g/mol. The third-order valence-electron chi connectivity index (χ3n) is 3.30. The molecule has 0 aromatic rings. The highest BCUT2D eigenvalue weighted by molar-refractivity contribution is 5.79. The van der Waals surface area contributed by atoms with Gasteiger partial charge in [0, 0.05) is 19.1 Å². The average Bonchev–Trinajstić information content (AvgIpc) is 3.02. The van der Waals surface area contributed by atoms with Crippen molar-refractivity contribution in [3.05, 3.63) is 0 Å². The summed E-state index contributed by atoms with van der Waals surface area (Å²) >= 11 is 0. The molecule has 0 aromatic carbocycles. The van der Waals surface area contributed by atoms with E-state index in [1.54, 1.807) is 7.11 Å². The highest BCUT2D eigenvalue weighted by Gasteiger charge is 2.30. The number of hydrogen-bond donors (Lipinski definition) is 1. The van der Waals surface area contributed by atoms with Gasteiger partial charge in [0.1, 0.15) is 0 Å². The van der Waals surface area contributed by atoms with Crippen molar-refractivity contribution in [3.8, 4) is 0 Å². The van der Waals surface area contributed by atoms with Gasteiger partial charge in [-0.2, -0.15) is 0 Å². The van der Waals surface area contributed by atoms with Crippen LogP contribution in [0.1, 0.15) is 38.5 Å². The van der Waals surface area contributed by atoms with Gasteiger partial charge in [0.25, 0.3) is 0 Å². The van der Waals surface area contributed by atoms with Gasteiger partial charge in [-0.1, -0.05) is 0 Å². The number of carbonyl (C=O) groups is 1. The third-order valence-corrected chi connectivity index (χ3v) is 3.30. The molecule has 2 aliphatic rings. The SMILES string of the molecule is COC1CCC(C(=O)NC2CC2)CC1. The summed E-state index contributed by atoms with van der Waals surface area (Å²) in [5.74, 6) is 0.532. The van der Waals surface area contributed by atoms with Crippen LogP contribution in [0.4, 0.5) is 0 Å². The smallest absolute Gasteiger partial charge is 0.223 e. The second-order valence-electron chi connectivity index (χ2n) is 4.49. The van der Waals surface area contributed by atoms with Gasteiger partial charge in [-0.3, -0.25) is 4.79 Å². The normalized spacial score (nSPS) is 32.6. The Labute approximate surface area is 85.2 Å². The number of carbonyl (C=O) groups excluding carboxylic acids is 1. The lowest BCUT2D eigenvalue weighted by Crippen LogP contribution is -2.35. The lowest BCUT2D eigenvalue weighted by molar-refractivity contribution is -0.126. The summed E-state index contributed by atoms with van der Waals surface area (Å²) in [6.07, 6.45) is 6.82. The van der Waals surface area contributed by atoms with E-state index in [1.165, 1.54) is 12.8 Å². The molecule has 0 spiro atoms. The van der Waals surface area contributed by atoms with Crippen LogP contribution in [0.3, 0.4) is 0 Å². The first-order valence-electron chi connectivity index (χ1n) is 5.62. The van der Waals surface area contributed by atoms with Gasteiger partial charge < -0.3 is 10.1 Å². The van der Waals surface area contributed by atoms with E-state index in [-0.39, 0.29) is 11.8 Å². The van der Waals surface area contributed by atoms with Crippen LogP contribution in [0.2, 0.25) is 0 Å². The molecule has 0 saturated heterocycles. The third kappa shape index (κ3) is 2.47. The summed E-state index contributed by atoms with van der Waals surface area (Å²) < 4.78 is 5.28. The van der Waals surface area contributed by atoms with Gasteiger partial charge in [-0.25, -0.2) is 0 Å². The van der Waals surface area contributed by atoms with Gasteiger partial charge in [0.05, 0.1) is 6.10 Å². The zero-order valence-electron chi connectivity index (χ0n) is 8.79. The van der Waals surface area contributed by atoms with Gasteiger partial charge >= 0.3 is 0 Å². The van der Waals surface area contributed by atoms with Crippen molar-refractivity contribution >= 4 is 5.91 Å². The molecule has 2 rings (SSSR count). The van der Waals surface area contributed by atoms with Gasteiger partial charge in [-0.15, -0.1) is 0 Å². The van der Waals surface area contributed by atoms with Crippen LogP contribution in [0.15, 0.2) is 0 Å². The fourth-order valence-electron chi connectivity index (χ4n) is 2.11. The van der Waals surface area contributed by atoms with Crippen molar-refractivity contribution in [1.82, 2.24) is 5.32 Å². The Hall–Kier alpha value is -0.570. The van der Waals surface area contributed by atoms with Crippen molar-refractivity contribution in [2.45, 2.75) is 50.7 Å². The minimum atomic E-state index is 0.252. The predicted octanol–water partition coefficient (Wildman–Crippen LogP) is 1.47. The van der Waals surface area contributed by atoms with E-state index in [0.717, 1.165) is 25.7 Å². The van der Waals surface area contributed by atoms with E-state index in [2.05, 4.69) is 5.32 Å². The maximum atomic E-state index is 11.7. The number of hydrogen-bond acceptors (Lipinski definition) is 2. The van der Waals surface area contributed by atoms with Crippen LogP contribution in [0.25, 0.3) is 0 Å². The Bertz CT molecular complexity index is 205. The van der Waals surface area contributed by atoms with Crippen LogP contribution in [-0.2, 0) is 9.53 Å². The van der Waals surface area contributed by atoms with Crippen LogP contribution in [0.5, 0.6) is 0 Å². The summed E-state index contributed by atoms with van der Waals surface area (Å²) in [5, 5.41) is 3.08. The summed E-state index contributed by atoms with van der Waals surface area (Å²) in [6, 6.07) is 0.502. The van der Waals surface area contributed by atoms with Crippen LogP contribution in [0, 0.1) is 5.92 Å². The zero-order chi connectivity index (χ0) is 9.97. The van der Waals surface area contributed by atoms with E-state index >= 15 is 0 Å². The highest BCUT2D eigenvalue weighted by atomic mass is 16.5. The molecule has 0 radical (unpaired) electrons. The maximum absolute atomic E-state index is 11.7. The van der Waals surface area contributed by atoms with Crippen molar-refractivity contribution in [2.24, 2.45) is 5.92 Å². The molecule has 14 heavy (non-hydrogen) atoms. The molecule has 80 valence electrons. The molecule has 0 aromatic heterocycles. The zero-order valence-corrected chi connectivity index (χ0v) is 8.79. The second-order valence-corrected chi connectivity index (χ2v) is 4.49. The number of nitrogens with one attached hydrogen (secondary N) is 1. The lowest BCUT2D eigenvalue weighted by atomic mass is 9.87. The van der Waals surface area contributed by atoms with Gasteiger partial charge in [-0.05, 0) is 38.5 Å². The average molecular weight is 197 g/mol. The Kier molecular flexibility index (Phi) is 3.06. The molecule has 2 aliphatic carbocycles. The Morgan fingerprint density at radius 1 is 1.14 bits per heavy atom. The minimum absolute atomic E-state index is 0.252. The van der Waals surface area contributed by atoms with Crippen LogP contribution in [-0.4, -0.2) is 25.2 Å². The predicted molar refractivity (Wildman–Crippen MR) is 53.9 cm³/mol. The van der Waals surface area contributed by atoms with E-state index in [4.69, 9.17) is 4.74 Å². The Balaban J connectivity index is 1.73. The molecule has 0 atom stereocenters. The van der Waals surface area contributed by atoms with Gasteiger partial charge in [0.15, 0.2) is 0 Å². The molecule has 0 unspecified atom stereocenters. The number of methoxy groups -OCH3 is 1. The van der Waals surface area contributed by atoms with Crippen molar-refractivity contribution in [1.29, 1.82) is 0 Å². The molecule has 2 fully saturated rings. The molecule has 0 bridgehead atoms. The monoisotopic (exact) mass is 197 g/mol. The second kappa shape index (κ2) is 4.30. The van der Waals surface area contributed by atoms with Crippen molar-refractivity contribution in [2.75, 3.05) is 7.11 Å². The summed E-state index contributed by atoms with van der Waals surface area (Å²) in [6.45, 7) is 0. The first-order chi connectivity index (χ1) is 6.79. The topological polar surface area (TPSA) is 38.3 Å². The minimum Gasteiger partial charge on any atom is -0.381 e. The molecular formula is C11H19NO2. The lowest BCUT2D eigenvalue weighted by Gasteiger charge is -2.26. The molecule has 3 nitrogen and oxygen atoms in total. The molecule has 3 heteroatoms. The molecule has 1 amide bonds. The Morgan fingerprint density at radius 2 is 1.79 bits per heavy atom. The van der Waals surface area contributed by atoms with E-state index < -0.39 is 0 Å². The first kappa shape index (κ1) is 9.97. The number of amides is 1. The highest BCUT2D eigenvalue weighted by Crippen LogP contribution is 2.27. The molecule has 2 saturated carbocycles. The number of ether oxygens (including phenoxy) is 1. The van der Waals surface area contributed by atoms with Crippen molar-refractivity contribution in [3.63, 3.8) is 0 Å². The molecule has 1 N–H and O–H groups in total. The maximum Gasteiger partial charge on any atom is 0.223 e. The van der Waals surface area contributed by atoms with Crippen molar-refractivity contribution < 1.29 is 9.53 Å². The van der Waals surface area contributed by atoms with Crippen LogP contribution >= 0.6 is 0 Å². The van der Waals surface area contributed by atoms with Gasteiger partial charge in [0.2, 0.25) is 5.91 Å².